The van der Waals surface area contributed by atoms with E-state index in [0.717, 1.165) is 26.1 Å². The van der Waals surface area contributed by atoms with Crippen LogP contribution in [0, 0.1) is 5.82 Å². The predicted molar refractivity (Wildman–Crippen MR) is 89.2 cm³/mol. The SMILES string of the molecule is O=C(NCCN1CCc2ccccc2C1)c1c(F)cccc1Cl. The molecule has 120 valence electrons. The summed E-state index contributed by atoms with van der Waals surface area (Å²) in [5.74, 6) is -1.06. The van der Waals surface area contributed by atoms with Crippen molar-refractivity contribution in [2.75, 3.05) is 19.6 Å². The second kappa shape index (κ2) is 7.11. The van der Waals surface area contributed by atoms with Gasteiger partial charge in [-0.25, -0.2) is 4.39 Å². The van der Waals surface area contributed by atoms with Gasteiger partial charge in [0.15, 0.2) is 0 Å². The van der Waals surface area contributed by atoms with Gasteiger partial charge >= 0.3 is 0 Å². The van der Waals surface area contributed by atoms with E-state index in [4.69, 9.17) is 11.6 Å². The van der Waals surface area contributed by atoms with Gasteiger partial charge < -0.3 is 5.32 Å². The number of fused-ring (bicyclic) bond motifs is 1. The van der Waals surface area contributed by atoms with Crippen molar-refractivity contribution in [2.45, 2.75) is 13.0 Å². The maximum atomic E-state index is 13.7. The first-order valence-corrected chi connectivity index (χ1v) is 8.04. The molecule has 3 rings (SSSR count). The predicted octanol–water partition coefficient (Wildman–Crippen LogP) is 3.27. The van der Waals surface area contributed by atoms with Crippen LogP contribution in [0.3, 0.4) is 0 Å². The number of carbonyl (C=O) groups excluding carboxylic acids is 1. The van der Waals surface area contributed by atoms with Crippen LogP contribution in [0.15, 0.2) is 42.5 Å². The third-order valence-corrected chi connectivity index (χ3v) is 4.43. The number of rotatable bonds is 4. The fraction of sp³-hybridized carbons (Fsp3) is 0.278. The smallest absolute Gasteiger partial charge is 0.255 e. The number of halogens is 2. The molecule has 2 aromatic rings. The summed E-state index contributed by atoms with van der Waals surface area (Å²) in [6.07, 6.45) is 1.02. The molecule has 1 aliphatic rings. The molecule has 23 heavy (non-hydrogen) atoms. The molecule has 1 N–H and O–H groups in total. The van der Waals surface area contributed by atoms with Gasteiger partial charge in [0, 0.05) is 26.2 Å². The summed E-state index contributed by atoms with van der Waals surface area (Å²) in [6, 6.07) is 12.6. The van der Waals surface area contributed by atoms with Gasteiger partial charge in [-0.15, -0.1) is 0 Å². The molecular weight excluding hydrogens is 315 g/mol. The van der Waals surface area contributed by atoms with Gasteiger partial charge in [0.1, 0.15) is 5.82 Å². The number of nitrogens with one attached hydrogen (secondary N) is 1. The topological polar surface area (TPSA) is 32.3 Å². The highest BCUT2D eigenvalue weighted by atomic mass is 35.5. The van der Waals surface area contributed by atoms with Crippen molar-refractivity contribution in [2.24, 2.45) is 0 Å². The van der Waals surface area contributed by atoms with Crippen LogP contribution in [0.1, 0.15) is 21.5 Å². The molecule has 0 fully saturated rings. The zero-order valence-electron chi connectivity index (χ0n) is 12.7. The van der Waals surface area contributed by atoms with Gasteiger partial charge in [0.2, 0.25) is 0 Å². The Kier molecular flexibility index (Phi) is 4.94. The summed E-state index contributed by atoms with van der Waals surface area (Å²) in [4.78, 5) is 14.4. The monoisotopic (exact) mass is 332 g/mol. The van der Waals surface area contributed by atoms with Crippen molar-refractivity contribution in [1.82, 2.24) is 10.2 Å². The minimum absolute atomic E-state index is 0.0850. The first kappa shape index (κ1) is 16.0. The minimum atomic E-state index is -0.595. The first-order chi connectivity index (χ1) is 11.1. The van der Waals surface area contributed by atoms with Gasteiger partial charge in [0.25, 0.3) is 5.91 Å². The molecule has 1 aliphatic heterocycles. The van der Waals surface area contributed by atoms with Crippen molar-refractivity contribution in [3.63, 3.8) is 0 Å². The second-order valence-corrected chi connectivity index (χ2v) is 6.05. The summed E-state index contributed by atoms with van der Waals surface area (Å²) < 4.78 is 13.7. The van der Waals surface area contributed by atoms with E-state index in [-0.39, 0.29) is 10.6 Å². The Labute approximate surface area is 140 Å². The van der Waals surface area contributed by atoms with Crippen LogP contribution < -0.4 is 5.32 Å². The highest BCUT2D eigenvalue weighted by molar-refractivity contribution is 6.33. The van der Waals surface area contributed by atoms with Crippen LogP contribution in [0.2, 0.25) is 5.02 Å². The van der Waals surface area contributed by atoms with Crippen LogP contribution >= 0.6 is 11.6 Å². The number of benzene rings is 2. The molecule has 5 heteroatoms. The highest BCUT2D eigenvalue weighted by Crippen LogP contribution is 2.19. The maximum absolute atomic E-state index is 13.7. The molecule has 0 aliphatic carbocycles. The van der Waals surface area contributed by atoms with Crippen LogP contribution in [-0.4, -0.2) is 30.4 Å². The Morgan fingerprint density at radius 1 is 1.17 bits per heavy atom. The summed E-state index contributed by atoms with van der Waals surface area (Å²) in [5, 5.41) is 2.88. The Bertz CT molecular complexity index is 700. The van der Waals surface area contributed by atoms with E-state index in [9.17, 15) is 9.18 Å². The van der Waals surface area contributed by atoms with Crippen LogP contribution in [-0.2, 0) is 13.0 Å². The van der Waals surface area contributed by atoms with Gasteiger partial charge in [-0.2, -0.15) is 0 Å². The average molecular weight is 333 g/mol. The van der Waals surface area contributed by atoms with E-state index in [0.29, 0.717) is 6.54 Å². The molecule has 0 bridgehead atoms. The Morgan fingerprint density at radius 2 is 1.96 bits per heavy atom. The van der Waals surface area contributed by atoms with E-state index in [1.54, 1.807) is 0 Å². The van der Waals surface area contributed by atoms with Gasteiger partial charge in [0.05, 0.1) is 10.6 Å². The fourth-order valence-electron chi connectivity index (χ4n) is 2.88. The van der Waals surface area contributed by atoms with Crippen LogP contribution in [0.25, 0.3) is 0 Å². The van der Waals surface area contributed by atoms with Crippen LogP contribution in [0.4, 0.5) is 4.39 Å². The molecule has 0 saturated heterocycles. The molecule has 2 aromatic carbocycles. The molecule has 0 radical (unpaired) electrons. The zero-order chi connectivity index (χ0) is 16.2. The molecule has 0 saturated carbocycles. The first-order valence-electron chi connectivity index (χ1n) is 7.66. The van der Waals surface area contributed by atoms with E-state index in [1.165, 1.54) is 29.3 Å². The fourth-order valence-corrected chi connectivity index (χ4v) is 3.12. The Morgan fingerprint density at radius 3 is 2.74 bits per heavy atom. The average Bonchev–Trinajstić information content (AvgIpc) is 2.54. The molecular formula is C18H18ClFN2O. The minimum Gasteiger partial charge on any atom is -0.351 e. The number of carbonyl (C=O) groups is 1. The number of nitrogens with zero attached hydrogens (tertiary/aromatic N) is 1. The molecule has 1 heterocycles. The van der Waals surface area contributed by atoms with E-state index < -0.39 is 11.7 Å². The quantitative estimate of drug-likeness (QED) is 0.932. The van der Waals surface area contributed by atoms with E-state index >= 15 is 0 Å². The van der Waals surface area contributed by atoms with Gasteiger partial charge in [-0.05, 0) is 29.7 Å². The summed E-state index contributed by atoms with van der Waals surface area (Å²) in [7, 11) is 0. The lowest BCUT2D eigenvalue weighted by Gasteiger charge is -2.28. The Balaban J connectivity index is 1.53. The lowest BCUT2D eigenvalue weighted by Crippen LogP contribution is -2.38. The van der Waals surface area contributed by atoms with Crippen molar-refractivity contribution in [3.05, 3.63) is 70.0 Å². The lowest BCUT2D eigenvalue weighted by molar-refractivity contribution is 0.0943. The molecule has 1 amide bonds. The number of amides is 1. The van der Waals surface area contributed by atoms with Gasteiger partial charge in [-0.3, -0.25) is 9.69 Å². The molecule has 3 nitrogen and oxygen atoms in total. The van der Waals surface area contributed by atoms with Crippen LogP contribution in [0.5, 0.6) is 0 Å². The normalized spacial score (nSPS) is 14.3. The molecule has 0 unspecified atom stereocenters. The van der Waals surface area contributed by atoms with E-state index in [1.807, 2.05) is 6.07 Å². The standard InChI is InChI=1S/C18H18ClFN2O/c19-15-6-3-7-16(20)17(15)18(23)21-9-11-22-10-8-13-4-1-2-5-14(13)12-22/h1-7H,8-12H2,(H,21,23). The summed E-state index contributed by atoms with van der Waals surface area (Å²) in [6.45, 7) is 3.04. The molecule has 0 spiro atoms. The van der Waals surface area contributed by atoms with Gasteiger partial charge in [-0.1, -0.05) is 41.9 Å². The van der Waals surface area contributed by atoms with Crippen molar-refractivity contribution >= 4 is 17.5 Å². The lowest BCUT2D eigenvalue weighted by atomic mass is 10.00. The summed E-state index contributed by atoms with van der Waals surface area (Å²) >= 11 is 5.90. The number of hydrogen-bond donors (Lipinski definition) is 1. The number of hydrogen-bond acceptors (Lipinski definition) is 2. The third-order valence-electron chi connectivity index (χ3n) is 4.11. The largest absolute Gasteiger partial charge is 0.351 e. The zero-order valence-corrected chi connectivity index (χ0v) is 13.4. The second-order valence-electron chi connectivity index (χ2n) is 5.65. The van der Waals surface area contributed by atoms with Crippen molar-refractivity contribution in [3.8, 4) is 0 Å². The van der Waals surface area contributed by atoms with E-state index in [2.05, 4.69) is 28.4 Å². The third kappa shape index (κ3) is 3.71. The molecule has 0 aromatic heterocycles. The van der Waals surface area contributed by atoms with Crippen molar-refractivity contribution < 1.29 is 9.18 Å². The van der Waals surface area contributed by atoms with Crippen molar-refractivity contribution in [1.29, 1.82) is 0 Å². The maximum Gasteiger partial charge on any atom is 0.255 e. The Hall–Kier alpha value is -1.91. The summed E-state index contributed by atoms with van der Waals surface area (Å²) in [5.41, 5.74) is 2.64. The molecule has 0 atom stereocenters. The highest BCUT2D eigenvalue weighted by Gasteiger charge is 2.17.